The van der Waals surface area contributed by atoms with Gasteiger partial charge in [-0.1, -0.05) is 0 Å². The van der Waals surface area contributed by atoms with Gasteiger partial charge in [0.15, 0.2) is 0 Å². The molecule has 0 fully saturated rings. The molecule has 62 valence electrons. The first-order valence-corrected chi connectivity index (χ1v) is 3.87. The monoisotopic (exact) mass is 153 g/mol. The van der Waals surface area contributed by atoms with Gasteiger partial charge in [0.25, 0.3) is 0 Å². The number of aromatic amines is 1. The molecule has 0 aliphatic carbocycles. The number of aryl methyl sites for hydroxylation is 2. The highest BCUT2D eigenvalue weighted by Gasteiger charge is 2.07. The number of hydrogen-bond acceptors (Lipinski definition) is 2. The lowest BCUT2D eigenvalue weighted by Crippen LogP contribution is -2.18. The summed E-state index contributed by atoms with van der Waals surface area (Å²) in [5, 5.41) is 7.03. The van der Waals surface area contributed by atoms with E-state index in [-0.39, 0.29) is 6.04 Å². The first-order chi connectivity index (χ1) is 5.11. The third-order valence-electron chi connectivity index (χ3n) is 1.81. The quantitative estimate of drug-likeness (QED) is 0.663. The molecule has 1 rings (SSSR count). The second-order valence-corrected chi connectivity index (χ2v) is 3.09. The average molecular weight is 153 g/mol. The molecule has 0 amide bonds. The third kappa shape index (κ3) is 1.80. The molecule has 3 N–H and O–H groups in total. The van der Waals surface area contributed by atoms with Gasteiger partial charge >= 0.3 is 0 Å². The summed E-state index contributed by atoms with van der Waals surface area (Å²) in [4.78, 5) is 0. The van der Waals surface area contributed by atoms with E-state index in [1.54, 1.807) is 0 Å². The van der Waals surface area contributed by atoms with E-state index in [0.717, 1.165) is 17.8 Å². The molecule has 1 atom stereocenters. The van der Waals surface area contributed by atoms with E-state index in [0.29, 0.717) is 0 Å². The highest BCUT2D eigenvalue weighted by Crippen LogP contribution is 2.10. The van der Waals surface area contributed by atoms with E-state index in [2.05, 4.69) is 10.2 Å². The van der Waals surface area contributed by atoms with E-state index in [1.807, 2.05) is 20.8 Å². The minimum atomic E-state index is 0.213. The van der Waals surface area contributed by atoms with Crippen LogP contribution in [0.25, 0.3) is 0 Å². The summed E-state index contributed by atoms with van der Waals surface area (Å²) >= 11 is 0. The molecule has 1 aromatic rings. The lowest BCUT2D eigenvalue weighted by Gasteiger charge is -2.03. The van der Waals surface area contributed by atoms with Crippen molar-refractivity contribution >= 4 is 0 Å². The Morgan fingerprint density at radius 1 is 1.55 bits per heavy atom. The molecule has 0 aliphatic heterocycles. The molecule has 3 heteroatoms. The van der Waals surface area contributed by atoms with Crippen LogP contribution < -0.4 is 5.73 Å². The molecule has 0 radical (unpaired) electrons. The van der Waals surface area contributed by atoms with Crippen molar-refractivity contribution in [2.45, 2.75) is 33.2 Å². The molecule has 0 spiro atoms. The van der Waals surface area contributed by atoms with E-state index in [1.165, 1.54) is 5.56 Å². The number of nitrogens with one attached hydrogen (secondary N) is 1. The molecular weight excluding hydrogens is 138 g/mol. The summed E-state index contributed by atoms with van der Waals surface area (Å²) in [6.07, 6.45) is 0.911. The van der Waals surface area contributed by atoms with Crippen molar-refractivity contribution in [1.82, 2.24) is 10.2 Å². The molecular formula is C8H15N3. The minimum absolute atomic E-state index is 0.213. The van der Waals surface area contributed by atoms with E-state index < -0.39 is 0 Å². The predicted octanol–water partition coefficient (Wildman–Crippen LogP) is 0.916. The summed E-state index contributed by atoms with van der Waals surface area (Å²) in [6, 6.07) is 0.213. The van der Waals surface area contributed by atoms with Gasteiger partial charge in [0.05, 0.1) is 5.69 Å². The highest BCUT2D eigenvalue weighted by atomic mass is 15.1. The Morgan fingerprint density at radius 3 is 2.55 bits per heavy atom. The van der Waals surface area contributed by atoms with Gasteiger partial charge in [-0.05, 0) is 32.8 Å². The first-order valence-electron chi connectivity index (χ1n) is 3.87. The van der Waals surface area contributed by atoms with Crippen molar-refractivity contribution in [2.75, 3.05) is 0 Å². The average Bonchev–Trinajstić information content (AvgIpc) is 2.18. The summed E-state index contributed by atoms with van der Waals surface area (Å²) < 4.78 is 0. The van der Waals surface area contributed by atoms with E-state index >= 15 is 0 Å². The summed E-state index contributed by atoms with van der Waals surface area (Å²) in [5.41, 5.74) is 9.15. The number of aromatic nitrogens is 2. The van der Waals surface area contributed by atoms with Crippen molar-refractivity contribution in [3.05, 3.63) is 17.0 Å². The third-order valence-corrected chi connectivity index (χ3v) is 1.81. The molecule has 0 saturated carbocycles. The molecule has 0 bridgehead atoms. The van der Waals surface area contributed by atoms with Gasteiger partial charge in [-0.2, -0.15) is 5.10 Å². The predicted molar refractivity (Wildman–Crippen MR) is 45.4 cm³/mol. The zero-order valence-electron chi connectivity index (χ0n) is 7.31. The Morgan fingerprint density at radius 2 is 2.18 bits per heavy atom. The molecule has 0 aliphatic rings. The van der Waals surface area contributed by atoms with Crippen LogP contribution in [0.5, 0.6) is 0 Å². The fourth-order valence-electron chi connectivity index (χ4n) is 1.20. The zero-order valence-corrected chi connectivity index (χ0v) is 7.31. The fourth-order valence-corrected chi connectivity index (χ4v) is 1.20. The minimum Gasteiger partial charge on any atom is -0.328 e. The maximum atomic E-state index is 5.68. The highest BCUT2D eigenvalue weighted by molar-refractivity contribution is 5.23. The van der Waals surface area contributed by atoms with Crippen LogP contribution in [0.2, 0.25) is 0 Å². The number of nitrogens with two attached hydrogens (primary N) is 1. The summed E-state index contributed by atoms with van der Waals surface area (Å²) in [7, 11) is 0. The Labute approximate surface area is 67.0 Å². The maximum absolute atomic E-state index is 5.68. The van der Waals surface area contributed by atoms with E-state index in [9.17, 15) is 0 Å². The van der Waals surface area contributed by atoms with Crippen LogP contribution in [0.4, 0.5) is 0 Å². The molecule has 1 heterocycles. The van der Waals surface area contributed by atoms with Crippen molar-refractivity contribution in [3.63, 3.8) is 0 Å². The topological polar surface area (TPSA) is 54.7 Å². The lowest BCUT2D eigenvalue weighted by atomic mass is 10.1. The van der Waals surface area contributed by atoms with Crippen LogP contribution in [0, 0.1) is 13.8 Å². The van der Waals surface area contributed by atoms with Crippen LogP contribution in [0.3, 0.4) is 0 Å². The van der Waals surface area contributed by atoms with Crippen molar-refractivity contribution < 1.29 is 0 Å². The van der Waals surface area contributed by atoms with Gasteiger partial charge in [0.1, 0.15) is 0 Å². The number of rotatable bonds is 2. The van der Waals surface area contributed by atoms with Crippen LogP contribution >= 0.6 is 0 Å². The fraction of sp³-hybridized carbons (Fsp3) is 0.625. The molecule has 11 heavy (non-hydrogen) atoms. The Bertz CT molecular complexity index is 218. The summed E-state index contributed by atoms with van der Waals surface area (Å²) in [6.45, 7) is 6.03. The van der Waals surface area contributed by atoms with Gasteiger partial charge in [-0.3, -0.25) is 5.10 Å². The van der Waals surface area contributed by atoms with Gasteiger partial charge in [0, 0.05) is 11.7 Å². The zero-order chi connectivity index (χ0) is 8.43. The van der Waals surface area contributed by atoms with Gasteiger partial charge in [-0.15, -0.1) is 0 Å². The normalized spacial score (nSPS) is 13.5. The largest absolute Gasteiger partial charge is 0.328 e. The first kappa shape index (κ1) is 8.27. The second-order valence-electron chi connectivity index (χ2n) is 3.09. The Kier molecular flexibility index (Phi) is 2.29. The van der Waals surface area contributed by atoms with Crippen molar-refractivity contribution in [2.24, 2.45) is 5.73 Å². The van der Waals surface area contributed by atoms with Crippen LogP contribution in [-0.2, 0) is 6.42 Å². The van der Waals surface area contributed by atoms with E-state index in [4.69, 9.17) is 5.73 Å². The van der Waals surface area contributed by atoms with Gasteiger partial charge < -0.3 is 5.73 Å². The number of hydrogen-bond donors (Lipinski definition) is 2. The molecule has 1 aromatic heterocycles. The Balaban J connectivity index is 2.83. The molecule has 0 unspecified atom stereocenters. The molecule has 0 aromatic carbocycles. The maximum Gasteiger partial charge on any atom is 0.0626 e. The Hall–Kier alpha value is -0.830. The SMILES string of the molecule is Cc1n[nH]c(C)c1C[C@@H](C)N. The van der Waals surface area contributed by atoms with Crippen LogP contribution in [0.15, 0.2) is 0 Å². The van der Waals surface area contributed by atoms with Crippen LogP contribution in [-0.4, -0.2) is 16.2 Å². The van der Waals surface area contributed by atoms with Gasteiger partial charge in [0.2, 0.25) is 0 Å². The molecule has 3 nitrogen and oxygen atoms in total. The smallest absolute Gasteiger partial charge is 0.0626 e. The standard InChI is InChI=1S/C8H15N3/c1-5(9)4-8-6(2)10-11-7(8)3/h5H,4,9H2,1-3H3,(H,10,11)/t5-/m1/s1. The number of H-pyrrole nitrogens is 1. The van der Waals surface area contributed by atoms with Crippen LogP contribution in [0.1, 0.15) is 23.9 Å². The van der Waals surface area contributed by atoms with Crippen molar-refractivity contribution in [1.29, 1.82) is 0 Å². The van der Waals surface area contributed by atoms with Gasteiger partial charge in [-0.25, -0.2) is 0 Å². The number of nitrogens with zero attached hydrogens (tertiary/aromatic N) is 1. The lowest BCUT2D eigenvalue weighted by molar-refractivity contribution is 0.732. The summed E-state index contributed by atoms with van der Waals surface area (Å²) in [5.74, 6) is 0. The van der Waals surface area contributed by atoms with Crippen molar-refractivity contribution in [3.8, 4) is 0 Å². The second kappa shape index (κ2) is 3.05. The molecule has 0 saturated heterocycles.